The van der Waals surface area contributed by atoms with Crippen LogP contribution >= 0.6 is 0 Å². The third-order valence-electron chi connectivity index (χ3n) is 3.04. The molecule has 16 heavy (non-hydrogen) atoms. The molecule has 0 aromatic carbocycles. The van der Waals surface area contributed by atoms with Crippen molar-refractivity contribution in [2.24, 2.45) is 0 Å². The van der Waals surface area contributed by atoms with Crippen molar-refractivity contribution in [3.05, 3.63) is 0 Å². The molecule has 0 amide bonds. The van der Waals surface area contributed by atoms with Crippen molar-refractivity contribution < 1.29 is 8.42 Å². The van der Waals surface area contributed by atoms with Crippen LogP contribution in [-0.2, 0) is 10.0 Å². The predicted octanol–water partition coefficient (Wildman–Crippen LogP) is 1.88. The van der Waals surface area contributed by atoms with Crippen LogP contribution in [0.25, 0.3) is 0 Å². The molecule has 1 fully saturated rings. The average Bonchev–Trinajstić information content (AvgIpc) is 2.64. The second kappa shape index (κ2) is 4.72. The lowest BCUT2D eigenvalue weighted by Crippen LogP contribution is -2.47. The van der Waals surface area contributed by atoms with E-state index in [9.17, 15) is 8.42 Å². The first-order valence-corrected chi connectivity index (χ1v) is 7.13. The molecule has 0 atom stereocenters. The molecule has 4 nitrogen and oxygen atoms in total. The second-order valence-electron chi connectivity index (χ2n) is 5.26. The van der Waals surface area contributed by atoms with Gasteiger partial charge in [-0.05, 0) is 33.6 Å². The van der Waals surface area contributed by atoms with Gasteiger partial charge >= 0.3 is 0 Å². The van der Waals surface area contributed by atoms with Crippen LogP contribution in [0.15, 0.2) is 0 Å². The first-order valence-electron chi connectivity index (χ1n) is 5.69. The third-order valence-corrected chi connectivity index (χ3v) is 5.63. The summed E-state index contributed by atoms with van der Waals surface area (Å²) >= 11 is 0. The first kappa shape index (κ1) is 13.5. The lowest BCUT2D eigenvalue weighted by molar-refractivity contribution is 0.339. The quantitative estimate of drug-likeness (QED) is 0.712. The van der Waals surface area contributed by atoms with Gasteiger partial charge in [-0.2, -0.15) is 9.57 Å². The first-order chi connectivity index (χ1) is 7.30. The van der Waals surface area contributed by atoms with Gasteiger partial charge in [-0.15, -0.1) is 0 Å². The van der Waals surface area contributed by atoms with Gasteiger partial charge in [0.1, 0.15) is 6.54 Å². The molecule has 0 unspecified atom stereocenters. The van der Waals surface area contributed by atoms with E-state index >= 15 is 0 Å². The van der Waals surface area contributed by atoms with E-state index in [1.54, 1.807) is 20.8 Å². The zero-order chi connectivity index (χ0) is 12.4. The van der Waals surface area contributed by atoms with Crippen LogP contribution in [0, 0.1) is 11.3 Å². The molecule has 0 spiro atoms. The maximum absolute atomic E-state index is 12.3. The fraction of sp³-hybridized carbons (Fsp3) is 0.909. The van der Waals surface area contributed by atoms with Crippen LogP contribution < -0.4 is 0 Å². The monoisotopic (exact) mass is 244 g/mol. The van der Waals surface area contributed by atoms with Gasteiger partial charge in [0, 0.05) is 6.04 Å². The second-order valence-corrected chi connectivity index (χ2v) is 7.90. The Balaban J connectivity index is 2.98. The van der Waals surface area contributed by atoms with Crippen molar-refractivity contribution in [2.75, 3.05) is 6.54 Å². The fourth-order valence-corrected chi connectivity index (χ4v) is 3.56. The summed E-state index contributed by atoms with van der Waals surface area (Å²) in [4.78, 5) is 0. The van der Waals surface area contributed by atoms with Gasteiger partial charge in [0.2, 0.25) is 10.0 Å². The fourth-order valence-electron chi connectivity index (χ4n) is 2.02. The average molecular weight is 244 g/mol. The summed E-state index contributed by atoms with van der Waals surface area (Å²) in [6.45, 7) is 5.02. The highest BCUT2D eigenvalue weighted by Gasteiger charge is 2.39. The van der Waals surface area contributed by atoms with Gasteiger partial charge in [-0.25, -0.2) is 8.42 Å². The number of nitrogens with zero attached hydrogens (tertiary/aromatic N) is 2. The summed E-state index contributed by atoms with van der Waals surface area (Å²) in [5, 5.41) is 8.77. The van der Waals surface area contributed by atoms with Gasteiger partial charge in [-0.1, -0.05) is 12.8 Å². The van der Waals surface area contributed by atoms with Crippen molar-refractivity contribution in [1.29, 1.82) is 5.26 Å². The van der Waals surface area contributed by atoms with Crippen molar-refractivity contribution >= 4 is 10.0 Å². The summed E-state index contributed by atoms with van der Waals surface area (Å²) in [7, 11) is -3.37. The molecule has 0 aliphatic heterocycles. The zero-order valence-corrected chi connectivity index (χ0v) is 11.0. The van der Waals surface area contributed by atoms with Crippen LogP contribution in [0.4, 0.5) is 0 Å². The highest BCUT2D eigenvalue weighted by atomic mass is 32.2. The molecule has 1 aliphatic carbocycles. The maximum atomic E-state index is 12.3. The molecule has 0 radical (unpaired) electrons. The van der Waals surface area contributed by atoms with Crippen LogP contribution in [-0.4, -0.2) is 30.1 Å². The molecule has 0 aromatic heterocycles. The van der Waals surface area contributed by atoms with E-state index in [-0.39, 0.29) is 12.6 Å². The topological polar surface area (TPSA) is 61.2 Å². The summed E-state index contributed by atoms with van der Waals surface area (Å²) < 4.78 is 25.2. The smallest absolute Gasteiger partial charge is 0.212 e. The number of hydrogen-bond acceptors (Lipinski definition) is 3. The number of sulfonamides is 1. The van der Waals surface area contributed by atoms with Crippen molar-refractivity contribution in [1.82, 2.24) is 4.31 Å². The molecule has 0 aromatic rings. The number of hydrogen-bond donors (Lipinski definition) is 0. The molecule has 0 saturated heterocycles. The molecule has 0 bridgehead atoms. The van der Waals surface area contributed by atoms with Gasteiger partial charge < -0.3 is 0 Å². The minimum absolute atomic E-state index is 0.0235. The van der Waals surface area contributed by atoms with Gasteiger partial charge in [-0.3, -0.25) is 0 Å². The van der Waals surface area contributed by atoms with E-state index in [1.165, 1.54) is 4.31 Å². The van der Waals surface area contributed by atoms with Gasteiger partial charge in [0.25, 0.3) is 0 Å². The number of nitriles is 1. The van der Waals surface area contributed by atoms with Crippen molar-refractivity contribution in [3.63, 3.8) is 0 Å². The van der Waals surface area contributed by atoms with Gasteiger partial charge in [0.05, 0.1) is 10.8 Å². The summed E-state index contributed by atoms with van der Waals surface area (Å²) in [6.07, 6.45) is 3.90. The lowest BCUT2D eigenvalue weighted by atomic mass is 10.2. The standard InChI is InChI=1S/C11H20N2O2S/c1-11(2,3)16(14,15)13(9-8-12)10-6-4-5-7-10/h10H,4-7,9H2,1-3H3. The SMILES string of the molecule is CC(C)(C)S(=O)(=O)N(CC#N)C1CCCC1. The van der Waals surface area contributed by atoms with E-state index in [0.717, 1.165) is 25.7 Å². The van der Waals surface area contributed by atoms with Crippen LogP contribution in [0.5, 0.6) is 0 Å². The Hall–Kier alpha value is -0.600. The van der Waals surface area contributed by atoms with E-state index < -0.39 is 14.8 Å². The Kier molecular flexibility index (Phi) is 3.97. The van der Waals surface area contributed by atoms with E-state index in [4.69, 9.17) is 5.26 Å². The van der Waals surface area contributed by atoms with Crippen LogP contribution in [0.3, 0.4) is 0 Å². The Morgan fingerprint density at radius 3 is 2.19 bits per heavy atom. The molecule has 92 valence electrons. The molecular formula is C11H20N2O2S. The van der Waals surface area contributed by atoms with E-state index in [1.807, 2.05) is 6.07 Å². The highest BCUT2D eigenvalue weighted by Crippen LogP contribution is 2.30. The molecular weight excluding hydrogens is 224 g/mol. The Labute approximate surface area is 98.3 Å². The van der Waals surface area contributed by atoms with Crippen LogP contribution in [0.1, 0.15) is 46.5 Å². The summed E-state index contributed by atoms with van der Waals surface area (Å²) in [5.41, 5.74) is 0. The Bertz CT molecular complexity index is 370. The van der Waals surface area contributed by atoms with Crippen molar-refractivity contribution in [2.45, 2.75) is 57.2 Å². The maximum Gasteiger partial charge on any atom is 0.220 e. The normalized spacial score (nSPS) is 18.9. The largest absolute Gasteiger partial charge is 0.220 e. The molecule has 0 heterocycles. The third kappa shape index (κ3) is 2.55. The molecule has 5 heteroatoms. The molecule has 1 aliphatic rings. The zero-order valence-electron chi connectivity index (χ0n) is 10.2. The molecule has 1 rings (SSSR count). The Morgan fingerprint density at radius 1 is 1.31 bits per heavy atom. The minimum atomic E-state index is -3.37. The van der Waals surface area contributed by atoms with E-state index in [2.05, 4.69) is 0 Å². The summed E-state index contributed by atoms with van der Waals surface area (Å²) in [5.74, 6) is 0. The van der Waals surface area contributed by atoms with Gasteiger partial charge in [0.15, 0.2) is 0 Å². The number of rotatable bonds is 3. The molecule has 1 saturated carbocycles. The highest BCUT2D eigenvalue weighted by molar-refractivity contribution is 7.90. The Morgan fingerprint density at radius 2 is 1.81 bits per heavy atom. The summed E-state index contributed by atoms with van der Waals surface area (Å²) in [6, 6.07) is 2.00. The minimum Gasteiger partial charge on any atom is -0.212 e. The lowest BCUT2D eigenvalue weighted by Gasteiger charge is -2.32. The van der Waals surface area contributed by atoms with Crippen LogP contribution in [0.2, 0.25) is 0 Å². The molecule has 0 N–H and O–H groups in total. The van der Waals surface area contributed by atoms with E-state index in [0.29, 0.717) is 0 Å². The van der Waals surface area contributed by atoms with Crippen molar-refractivity contribution in [3.8, 4) is 6.07 Å². The predicted molar refractivity (Wildman–Crippen MR) is 63.2 cm³/mol.